The smallest absolute Gasteiger partial charge is 0.220 e. The molecule has 0 saturated heterocycles. The van der Waals surface area contributed by atoms with Gasteiger partial charge in [0, 0.05) is 13.0 Å². The summed E-state index contributed by atoms with van der Waals surface area (Å²) in [5.41, 5.74) is 0. The molecule has 0 aliphatic rings. The third kappa shape index (κ3) is 43.2. The Morgan fingerprint density at radius 2 is 0.649 bits per heavy atom. The van der Waals surface area contributed by atoms with Crippen LogP contribution in [-0.2, 0) is 4.79 Å². The average Bonchev–Trinajstić information content (AvgIpc) is 3.22. The molecule has 0 aromatic rings. The first-order valence-corrected chi connectivity index (χ1v) is 25.9. The van der Waals surface area contributed by atoms with E-state index in [1.807, 2.05) is 0 Å². The lowest BCUT2D eigenvalue weighted by atomic mass is 9.99. The molecule has 342 valence electrons. The van der Waals surface area contributed by atoms with Crippen molar-refractivity contribution in [2.45, 2.75) is 308 Å². The van der Waals surface area contributed by atoms with Crippen LogP contribution in [0, 0.1) is 0 Å². The molecule has 0 aliphatic carbocycles. The summed E-state index contributed by atoms with van der Waals surface area (Å²) in [6, 6.07) is -0.806. The van der Waals surface area contributed by atoms with Gasteiger partial charge in [0.15, 0.2) is 0 Å². The van der Waals surface area contributed by atoms with Crippen LogP contribution in [0.4, 0.5) is 0 Å². The van der Waals surface area contributed by atoms with Crippen LogP contribution in [0.3, 0.4) is 0 Å². The summed E-state index contributed by atoms with van der Waals surface area (Å²) >= 11 is 0. The average molecular weight is 810 g/mol. The number of aliphatic hydroxyl groups excluding tert-OH is 4. The van der Waals surface area contributed by atoms with Crippen molar-refractivity contribution in [2.24, 2.45) is 0 Å². The fourth-order valence-corrected chi connectivity index (χ4v) is 8.50. The molecule has 0 spiro atoms. The molecular formula is C51H103NO5. The second-order valence-corrected chi connectivity index (χ2v) is 18.2. The van der Waals surface area contributed by atoms with Crippen LogP contribution < -0.4 is 5.32 Å². The molecule has 0 radical (unpaired) electrons. The third-order valence-corrected chi connectivity index (χ3v) is 12.5. The van der Waals surface area contributed by atoms with E-state index in [2.05, 4.69) is 12.2 Å². The van der Waals surface area contributed by atoms with Gasteiger partial charge in [0.25, 0.3) is 0 Å². The number of carbonyl (C=O) groups is 1. The lowest BCUT2D eigenvalue weighted by molar-refractivity contribution is -0.124. The van der Waals surface area contributed by atoms with Crippen LogP contribution in [0.15, 0.2) is 0 Å². The van der Waals surface area contributed by atoms with E-state index in [4.69, 9.17) is 5.11 Å². The molecule has 0 aromatic carbocycles. The van der Waals surface area contributed by atoms with Crippen LogP contribution in [-0.4, -0.2) is 57.8 Å². The van der Waals surface area contributed by atoms with Gasteiger partial charge in [-0.05, 0) is 19.3 Å². The number of nitrogens with one attached hydrogen (secondary N) is 1. The molecule has 0 aromatic heterocycles. The highest BCUT2D eigenvalue weighted by molar-refractivity contribution is 5.76. The van der Waals surface area contributed by atoms with Crippen molar-refractivity contribution >= 4 is 5.91 Å². The maximum atomic E-state index is 12.5. The first kappa shape index (κ1) is 56.3. The molecular weight excluding hydrogens is 707 g/mol. The predicted molar refractivity (Wildman–Crippen MR) is 247 cm³/mol. The van der Waals surface area contributed by atoms with Crippen molar-refractivity contribution in [1.29, 1.82) is 0 Å². The Balaban J connectivity index is 3.43. The quantitative estimate of drug-likeness (QED) is 0.0393. The van der Waals surface area contributed by atoms with Crippen LogP contribution in [0.2, 0.25) is 0 Å². The zero-order chi connectivity index (χ0) is 41.5. The number of hydrogen-bond donors (Lipinski definition) is 5. The summed E-state index contributed by atoms with van der Waals surface area (Å²) in [5, 5.41) is 42.4. The minimum absolute atomic E-state index is 0.141. The number of amides is 1. The van der Waals surface area contributed by atoms with Crippen LogP contribution >= 0.6 is 0 Å². The number of hydrogen-bond acceptors (Lipinski definition) is 5. The topological polar surface area (TPSA) is 110 Å². The molecule has 1 unspecified atom stereocenters. The SMILES string of the molecule is CCCCCCCCCCCCCCC(O)[C@@H](O)[C@@H](CO)NC(=O)CCCCCCCCCCCCCCCCCCCCCCCCCCCCCCCCO. The molecule has 6 heteroatoms. The summed E-state index contributed by atoms with van der Waals surface area (Å²) in [6.07, 6.45) is 54.0. The Morgan fingerprint density at radius 1 is 0.386 bits per heavy atom. The molecule has 0 saturated carbocycles. The molecule has 57 heavy (non-hydrogen) atoms. The summed E-state index contributed by atoms with van der Waals surface area (Å²) in [6.45, 7) is 2.26. The highest BCUT2D eigenvalue weighted by atomic mass is 16.3. The number of aliphatic hydroxyl groups is 4. The molecule has 6 nitrogen and oxygen atoms in total. The van der Waals surface area contributed by atoms with E-state index >= 15 is 0 Å². The fourth-order valence-electron chi connectivity index (χ4n) is 8.50. The highest BCUT2D eigenvalue weighted by Gasteiger charge is 2.26. The van der Waals surface area contributed by atoms with Crippen LogP contribution in [0.1, 0.15) is 289 Å². The van der Waals surface area contributed by atoms with Crippen molar-refractivity contribution < 1.29 is 25.2 Å². The van der Waals surface area contributed by atoms with E-state index in [9.17, 15) is 20.1 Å². The largest absolute Gasteiger partial charge is 0.396 e. The van der Waals surface area contributed by atoms with Crippen molar-refractivity contribution in [3.05, 3.63) is 0 Å². The lowest BCUT2D eigenvalue weighted by Gasteiger charge is -2.26. The van der Waals surface area contributed by atoms with Gasteiger partial charge in [0.1, 0.15) is 6.10 Å². The molecule has 0 heterocycles. The zero-order valence-electron chi connectivity index (χ0n) is 38.5. The van der Waals surface area contributed by atoms with Crippen molar-refractivity contribution in [1.82, 2.24) is 5.32 Å². The van der Waals surface area contributed by atoms with Gasteiger partial charge in [-0.1, -0.05) is 264 Å². The Morgan fingerprint density at radius 3 is 0.930 bits per heavy atom. The minimum Gasteiger partial charge on any atom is -0.396 e. The van der Waals surface area contributed by atoms with Crippen LogP contribution in [0.5, 0.6) is 0 Å². The van der Waals surface area contributed by atoms with Gasteiger partial charge in [-0.3, -0.25) is 4.79 Å². The Hall–Kier alpha value is -0.690. The predicted octanol–water partition coefficient (Wildman–Crippen LogP) is 14.4. The normalized spacial score (nSPS) is 13.3. The van der Waals surface area contributed by atoms with Gasteiger partial charge in [-0.2, -0.15) is 0 Å². The van der Waals surface area contributed by atoms with E-state index in [0.717, 1.165) is 44.9 Å². The second kappa shape index (κ2) is 48.0. The van der Waals surface area contributed by atoms with Gasteiger partial charge in [0.05, 0.1) is 18.8 Å². The zero-order valence-corrected chi connectivity index (χ0v) is 38.5. The van der Waals surface area contributed by atoms with E-state index in [1.54, 1.807) is 0 Å². The van der Waals surface area contributed by atoms with Crippen molar-refractivity contribution in [2.75, 3.05) is 13.2 Å². The summed E-state index contributed by atoms with van der Waals surface area (Å²) < 4.78 is 0. The van der Waals surface area contributed by atoms with Crippen LogP contribution in [0.25, 0.3) is 0 Å². The molecule has 3 atom stereocenters. The third-order valence-electron chi connectivity index (χ3n) is 12.5. The van der Waals surface area contributed by atoms with Gasteiger partial charge in [-0.15, -0.1) is 0 Å². The van der Waals surface area contributed by atoms with Crippen molar-refractivity contribution in [3.8, 4) is 0 Å². The summed E-state index contributed by atoms with van der Waals surface area (Å²) in [4.78, 5) is 12.5. The molecule has 0 bridgehead atoms. The van der Waals surface area contributed by atoms with E-state index in [1.165, 1.54) is 225 Å². The Bertz CT molecular complexity index is 766. The minimum atomic E-state index is -1.13. The molecule has 5 N–H and O–H groups in total. The molecule has 0 rings (SSSR count). The number of rotatable bonds is 49. The monoisotopic (exact) mass is 810 g/mol. The van der Waals surface area contributed by atoms with E-state index < -0.39 is 18.2 Å². The lowest BCUT2D eigenvalue weighted by Crippen LogP contribution is -2.50. The fraction of sp³-hybridized carbons (Fsp3) is 0.980. The van der Waals surface area contributed by atoms with E-state index in [-0.39, 0.29) is 12.5 Å². The van der Waals surface area contributed by atoms with Gasteiger partial charge in [-0.25, -0.2) is 0 Å². The van der Waals surface area contributed by atoms with Crippen molar-refractivity contribution in [3.63, 3.8) is 0 Å². The maximum Gasteiger partial charge on any atom is 0.220 e. The molecule has 0 fully saturated rings. The number of unbranched alkanes of at least 4 members (excludes halogenated alkanes) is 40. The second-order valence-electron chi connectivity index (χ2n) is 18.2. The van der Waals surface area contributed by atoms with Gasteiger partial charge in [0.2, 0.25) is 5.91 Å². The van der Waals surface area contributed by atoms with Gasteiger partial charge >= 0.3 is 0 Å². The molecule has 1 amide bonds. The summed E-state index contributed by atoms with van der Waals surface area (Å²) in [5.74, 6) is -0.141. The number of carbonyl (C=O) groups excluding carboxylic acids is 1. The van der Waals surface area contributed by atoms with E-state index in [0.29, 0.717) is 19.4 Å². The van der Waals surface area contributed by atoms with Gasteiger partial charge < -0.3 is 25.7 Å². The Kier molecular flexibility index (Phi) is 47.4. The summed E-state index contributed by atoms with van der Waals surface area (Å²) in [7, 11) is 0. The first-order chi connectivity index (χ1) is 28.1. The highest BCUT2D eigenvalue weighted by Crippen LogP contribution is 2.18. The Labute approximate surface area is 356 Å². The standard InChI is InChI=1S/C51H103NO5/c1-2-3-4-5-6-7-8-29-32-35-38-41-44-49(55)51(57)48(47-54)52-50(56)45-42-39-36-33-30-27-25-23-21-19-17-15-13-11-9-10-12-14-16-18-20-22-24-26-28-31-34-37-40-43-46-53/h48-49,51,53-55,57H,2-47H2,1H3,(H,52,56)/t48-,49?,51+/m1/s1. The first-order valence-electron chi connectivity index (χ1n) is 25.9. The molecule has 0 aliphatic heterocycles. The maximum absolute atomic E-state index is 12.5.